The van der Waals surface area contributed by atoms with Crippen LogP contribution in [0.1, 0.15) is 0 Å². The average molecular weight is 305 g/mol. The number of nitro groups is 1. The molecular weight excluding hydrogens is 290 g/mol. The molecule has 2 aromatic rings. The van der Waals surface area contributed by atoms with Gasteiger partial charge in [-0.25, -0.2) is 0 Å². The van der Waals surface area contributed by atoms with E-state index in [0.717, 1.165) is 11.1 Å². The highest BCUT2D eigenvalue weighted by atomic mass is 16.6. The second-order valence-corrected chi connectivity index (χ2v) is 5.10. The van der Waals surface area contributed by atoms with Crippen LogP contribution in [0.2, 0.25) is 0 Å². The minimum Gasteiger partial charge on any atom is -0.464 e. The van der Waals surface area contributed by atoms with Crippen molar-refractivity contribution in [3.05, 3.63) is 101 Å². The molecule has 0 radical (unpaired) electrons. The maximum Gasteiger partial charge on any atom is 0.259 e. The molecule has 0 saturated carbocycles. The number of nitrogens with zero attached hydrogens (tertiary/aromatic N) is 1. The Labute approximate surface area is 134 Å². The maximum absolute atomic E-state index is 11.0. The Bertz CT molecular complexity index is 774. The van der Waals surface area contributed by atoms with Gasteiger partial charge in [-0.1, -0.05) is 54.6 Å². The number of benzene rings is 2. The zero-order chi connectivity index (χ0) is 16.1. The van der Waals surface area contributed by atoms with E-state index in [1.54, 1.807) is 18.2 Å². The van der Waals surface area contributed by atoms with Crippen molar-refractivity contribution in [3.63, 3.8) is 0 Å². The summed E-state index contributed by atoms with van der Waals surface area (Å²) in [6.45, 7) is 0. The van der Waals surface area contributed by atoms with Crippen molar-refractivity contribution >= 4 is 0 Å². The van der Waals surface area contributed by atoms with Crippen LogP contribution >= 0.6 is 0 Å². The zero-order valence-corrected chi connectivity index (χ0v) is 12.3. The van der Waals surface area contributed by atoms with E-state index in [-0.39, 0.29) is 4.92 Å². The molecule has 2 aromatic carbocycles. The molecule has 0 aliphatic heterocycles. The minimum absolute atomic E-state index is 0.340. The lowest BCUT2D eigenvalue weighted by Gasteiger charge is -2.10. The SMILES string of the molecule is O=[N+]([O-])C1C=CC=CC1=COc1ccc(-c2ccccc2)cc1. The fraction of sp³-hybridized carbons (Fsp3) is 0.0526. The minimum atomic E-state index is -0.858. The molecule has 4 heteroatoms. The van der Waals surface area contributed by atoms with Gasteiger partial charge in [-0.05, 0) is 35.4 Å². The van der Waals surface area contributed by atoms with Crippen LogP contribution in [-0.4, -0.2) is 11.0 Å². The molecule has 0 heterocycles. The smallest absolute Gasteiger partial charge is 0.259 e. The third kappa shape index (κ3) is 3.55. The molecule has 3 rings (SSSR count). The van der Waals surface area contributed by atoms with Crippen molar-refractivity contribution in [3.8, 4) is 16.9 Å². The maximum atomic E-state index is 11.0. The van der Waals surface area contributed by atoms with Crippen LogP contribution in [0, 0.1) is 10.1 Å². The molecule has 0 spiro atoms. The summed E-state index contributed by atoms with van der Waals surface area (Å²) in [6, 6.07) is 16.8. The van der Waals surface area contributed by atoms with Gasteiger partial charge in [0.1, 0.15) is 12.0 Å². The quantitative estimate of drug-likeness (QED) is 0.478. The first-order chi connectivity index (χ1) is 11.2. The van der Waals surface area contributed by atoms with Gasteiger partial charge in [-0.15, -0.1) is 0 Å². The van der Waals surface area contributed by atoms with Crippen molar-refractivity contribution in [2.75, 3.05) is 0 Å². The van der Waals surface area contributed by atoms with Crippen LogP contribution in [0.3, 0.4) is 0 Å². The highest BCUT2D eigenvalue weighted by molar-refractivity contribution is 5.63. The molecule has 0 amide bonds. The number of hydrogen-bond donors (Lipinski definition) is 0. The molecule has 1 unspecified atom stereocenters. The Morgan fingerprint density at radius 2 is 1.65 bits per heavy atom. The van der Waals surface area contributed by atoms with E-state index in [9.17, 15) is 10.1 Å². The third-order valence-electron chi connectivity index (χ3n) is 3.55. The average Bonchev–Trinajstić information content (AvgIpc) is 2.61. The van der Waals surface area contributed by atoms with Gasteiger partial charge in [0.2, 0.25) is 0 Å². The summed E-state index contributed by atoms with van der Waals surface area (Å²) >= 11 is 0. The van der Waals surface area contributed by atoms with Crippen LogP contribution in [0.4, 0.5) is 0 Å². The second-order valence-electron chi connectivity index (χ2n) is 5.10. The lowest BCUT2D eigenvalue weighted by Crippen LogP contribution is -2.20. The Morgan fingerprint density at radius 1 is 0.957 bits per heavy atom. The standard InChI is InChI=1S/C19H15NO3/c21-20(22)19-9-5-4-8-17(19)14-23-18-12-10-16(11-13-18)15-6-2-1-3-7-15/h1-14,19H. The topological polar surface area (TPSA) is 52.4 Å². The van der Waals surface area contributed by atoms with E-state index in [1.165, 1.54) is 12.3 Å². The summed E-state index contributed by atoms with van der Waals surface area (Å²) in [4.78, 5) is 10.7. The van der Waals surface area contributed by atoms with E-state index in [2.05, 4.69) is 0 Å². The van der Waals surface area contributed by atoms with Gasteiger partial charge in [0.25, 0.3) is 6.04 Å². The normalized spacial score (nSPS) is 18.1. The number of allylic oxidation sites excluding steroid dienone is 2. The fourth-order valence-corrected chi connectivity index (χ4v) is 2.34. The van der Waals surface area contributed by atoms with E-state index >= 15 is 0 Å². The van der Waals surface area contributed by atoms with Gasteiger partial charge in [0.15, 0.2) is 0 Å². The Balaban J connectivity index is 1.74. The van der Waals surface area contributed by atoms with Crippen molar-refractivity contribution in [1.29, 1.82) is 0 Å². The highest BCUT2D eigenvalue weighted by Gasteiger charge is 2.22. The molecule has 0 N–H and O–H groups in total. The zero-order valence-electron chi connectivity index (χ0n) is 12.3. The summed E-state index contributed by atoms with van der Waals surface area (Å²) in [5.74, 6) is 0.641. The van der Waals surface area contributed by atoms with Crippen LogP contribution in [0.15, 0.2) is 90.7 Å². The molecular formula is C19H15NO3. The van der Waals surface area contributed by atoms with E-state index < -0.39 is 6.04 Å². The number of ether oxygens (including phenoxy) is 1. The predicted octanol–water partition coefficient (Wildman–Crippen LogP) is 4.39. The molecule has 0 bridgehead atoms. The van der Waals surface area contributed by atoms with Gasteiger partial charge >= 0.3 is 0 Å². The summed E-state index contributed by atoms with van der Waals surface area (Å²) in [7, 11) is 0. The molecule has 0 saturated heterocycles. The van der Waals surface area contributed by atoms with E-state index in [1.807, 2.05) is 54.6 Å². The molecule has 0 aromatic heterocycles. The fourth-order valence-electron chi connectivity index (χ4n) is 2.34. The molecule has 4 nitrogen and oxygen atoms in total. The summed E-state index contributed by atoms with van der Waals surface area (Å²) in [5, 5.41) is 11.0. The molecule has 1 aliphatic carbocycles. The molecule has 114 valence electrons. The van der Waals surface area contributed by atoms with Gasteiger partial charge < -0.3 is 4.74 Å². The monoisotopic (exact) mass is 305 g/mol. The number of hydrogen-bond acceptors (Lipinski definition) is 3. The molecule has 1 atom stereocenters. The van der Waals surface area contributed by atoms with Gasteiger partial charge in [-0.3, -0.25) is 10.1 Å². The summed E-state index contributed by atoms with van der Waals surface area (Å²) in [6.07, 6.45) is 8.08. The van der Waals surface area contributed by atoms with Crippen LogP contribution in [0.25, 0.3) is 11.1 Å². The van der Waals surface area contributed by atoms with Crippen molar-refractivity contribution in [2.24, 2.45) is 0 Å². The summed E-state index contributed by atoms with van der Waals surface area (Å²) < 4.78 is 5.57. The Hall–Kier alpha value is -3.14. The van der Waals surface area contributed by atoms with Gasteiger partial charge in [0.05, 0.1) is 5.57 Å². The van der Waals surface area contributed by atoms with E-state index in [0.29, 0.717) is 11.3 Å². The Kier molecular flexibility index (Phi) is 4.34. The highest BCUT2D eigenvalue weighted by Crippen LogP contribution is 2.23. The van der Waals surface area contributed by atoms with Crippen LogP contribution in [-0.2, 0) is 0 Å². The molecule has 1 aliphatic rings. The van der Waals surface area contributed by atoms with E-state index in [4.69, 9.17) is 4.74 Å². The first-order valence-electron chi connectivity index (χ1n) is 7.24. The van der Waals surface area contributed by atoms with Crippen molar-refractivity contribution in [2.45, 2.75) is 6.04 Å². The van der Waals surface area contributed by atoms with Gasteiger partial charge in [-0.2, -0.15) is 0 Å². The Morgan fingerprint density at radius 3 is 2.35 bits per heavy atom. The first-order valence-corrected chi connectivity index (χ1v) is 7.24. The van der Waals surface area contributed by atoms with Gasteiger partial charge in [0, 0.05) is 4.92 Å². The predicted molar refractivity (Wildman–Crippen MR) is 89.7 cm³/mol. The molecule has 23 heavy (non-hydrogen) atoms. The van der Waals surface area contributed by atoms with Crippen LogP contribution < -0.4 is 4.74 Å². The molecule has 0 fully saturated rings. The number of rotatable bonds is 4. The largest absolute Gasteiger partial charge is 0.464 e. The lowest BCUT2D eigenvalue weighted by atomic mass is 10.0. The second kappa shape index (κ2) is 6.75. The van der Waals surface area contributed by atoms with Crippen molar-refractivity contribution < 1.29 is 9.66 Å². The summed E-state index contributed by atoms with van der Waals surface area (Å²) in [5.41, 5.74) is 2.74. The van der Waals surface area contributed by atoms with Crippen molar-refractivity contribution in [1.82, 2.24) is 0 Å². The third-order valence-corrected chi connectivity index (χ3v) is 3.55. The lowest BCUT2D eigenvalue weighted by molar-refractivity contribution is -0.498. The van der Waals surface area contributed by atoms with Crippen LogP contribution in [0.5, 0.6) is 5.75 Å². The first kappa shape index (κ1) is 14.8.